The lowest BCUT2D eigenvalue weighted by Crippen LogP contribution is -1.98. The van der Waals surface area contributed by atoms with Crippen LogP contribution in [-0.2, 0) is 0 Å². The maximum absolute atomic E-state index is 12.2. The van der Waals surface area contributed by atoms with Crippen LogP contribution in [0.1, 0.15) is 27.3 Å². The van der Waals surface area contributed by atoms with Crippen LogP contribution in [0.5, 0.6) is 5.75 Å². The molecule has 3 rings (SSSR count). The molecule has 0 unspecified atom stereocenters. The van der Waals surface area contributed by atoms with E-state index in [1.807, 2.05) is 48.9 Å². The number of rotatable bonds is 4. The summed E-state index contributed by atoms with van der Waals surface area (Å²) in [6.45, 7) is 3.90. The van der Waals surface area contributed by atoms with Gasteiger partial charge in [0.2, 0.25) is 0 Å². The average molecular weight is 318 g/mol. The average Bonchev–Trinajstić information content (AvgIpc) is 2.88. The van der Waals surface area contributed by atoms with Crippen molar-refractivity contribution in [3.05, 3.63) is 83.2 Å². The monoisotopic (exact) mass is 318 g/mol. The maximum Gasteiger partial charge on any atom is 0.185 e. The van der Waals surface area contributed by atoms with E-state index >= 15 is 0 Å². The molecule has 0 amide bonds. The first-order valence-electron chi connectivity index (χ1n) is 7.69. The molecule has 1 aromatic heterocycles. The third kappa shape index (κ3) is 3.13. The topological polar surface area (TPSA) is 55.1 Å². The van der Waals surface area contributed by atoms with E-state index in [4.69, 9.17) is 0 Å². The van der Waals surface area contributed by atoms with Crippen LogP contribution < -0.4 is 0 Å². The Morgan fingerprint density at radius 2 is 1.83 bits per heavy atom. The summed E-state index contributed by atoms with van der Waals surface area (Å²) in [6, 6.07) is 16.2. The van der Waals surface area contributed by atoms with Crippen LogP contribution in [0.15, 0.2) is 60.7 Å². The van der Waals surface area contributed by atoms with Crippen molar-refractivity contribution in [3.8, 4) is 11.4 Å². The second-order valence-corrected chi connectivity index (χ2v) is 5.58. The number of allylic oxidation sites excluding steroid dienone is 1. The van der Waals surface area contributed by atoms with Gasteiger partial charge in [-0.25, -0.2) is 4.68 Å². The van der Waals surface area contributed by atoms with E-state index in [0.29, 0.717) is 5.56 Å². The molecule has 4 nitrogen and oxygen atoms in total. The Hall–Kier alpha value is -3.14. The van der Waals surface area contributed by atoms with Crippen molar-refractivity contribution in [3.63, 3.8) is 0 Å². The fraction of sp³-hybridized carbons (Fsp3) is 0.100. The van der Waals surface area contributed by atoms with Crippen molar-refractivity contribution >= 4 is 11.9 Å². The van der Waals surface area contributed by atoms with Gasteiger partial charge in [-0.2, -0.15) is 5.10 Å². The predicted octanol–water partition coefficient (Wildman–Crippen LogP) is 4.09. The number of phenolic OH excluding ortho intramolecular Hbond substituents is 1. The smallest absolute Gasteiger partial charge is 0.185 e. The fourth-order valence-electron chi connectivity index (χ4n) is 2.63. The summed E-state index contributed by atoms with van der Waals surface area (Å²) in [5.41, 5.74) is 4.19. The number of para-hydroxylation sites is 1. The highest BCUT2D eigenvalue weighted by Crippen LogP contribution is 2.20. The van der Waals surface area contributed by atoms with Gasteiger partial charge in [0.15, 0.2) is 5.78 Å². The van der Waals surface area contributed by atoms with Crippen LogP contribution in [0, 0.1) is 13.8 Å². The van der Waals surface area contributed by atoms with E-state index in [1.54, 1.807) is 24.3 Å². The number of ketones is 1. The van der Waals surface area contributed by atoms with Crippen LogP contribution >= 0.6 is 0 Å². The number of hydrogen-bond acceptors (Lipinski definition) is 3. The number of carbonyl (C=O) groups is 1. The highest BCUT2D eigenvalue weighted by atomic mass is 16.3. The number of carbonyl (C=O) groups excluding carboxylic acids is 1. The van der Waals surface area contributed by atoms with E-state index in [-0.39, 0.29) is 11.5 Å². The zero-order valence-electron chi connectivity index (χ0n) is 13.6. The molecule has 3 aromatic rings. The van der Waals surface area contributed by atoms with Gasteiger partial charge in [-0.3, -0.25) is 4.79 Å². The number of aromatic hydroxyl groups is 1. The van der Waals surface area contributed by atoms with Crippen LogP contribution in [0.4, 0.5) is 0 Å². The summed E-state index contributed by atoms with van der Waals surface area (Å²) in [5.74, 6) is -0.0735. The van der Waals surface area contributed by atoms with Crippen molar-refractivity contribution in [1.29, 1.82) is 0 Å². The third-order valence-corrected chi connectivity index (χ3v) is 3.88. The van der Waals surface area contributed by atoms with Gasteiger partial charge in [0, 0.05) is 16.8 Å². The van der Waals surface area contributed by atoms with E-state index < -0.39 is 0 Å². The molecule has 24 heavy (non-hydrogen) atoms. The van der Waals surface area contributed by atoms with Gasteiger partial charge in [0.1, 0.15) is 5.75 Å². The Balaban J connectivity index is 1.91. The van der Waals surface area contributed by atoms with Crippen molar-refractivity contribution < 1.29 is 9.90 Å². The molecule has 120 valence electrons. The highest BCUT2D eigenvalue weighted by Gasteiger charge is 2.11. The normalized spacial score (nSPS) is 11.1. The summed E-state index contributed by atoms with van der Waals surface area (Å²) >= 11 is 0. The molecular weight excluding hydrogens is 300 g/mol. The summed E-state index contributed by atoms with van der Waals surface area (Å²) in [6.07, 6.45) is 3.30. The molecule has 0 atom stereocenters. The minimum atomic E-state index is -0.155. The molecule has 0 aliphatic rings. The third-order valence-electron chi connectivity index (χ3n) is 3.88. The quantitative estimate of drug-likeness (QED) is 0.582. The van der Waals surface area contributed by atoms with Crippen molar-refractivity contribution in [2.45, 2.75) is 13.8 Å². The van der Waals surface area contributed by atoms with Gasteiger partial charge >= 0.3 is 0 Å². The van der Waals surface area contributed by atoms with Crippen molar-refractivity contribution in [2.24, 2.45) is 0 Å². The fourth-order valence-corrected chi connectivity index (χ4v) is 2.63. The SMILES string of the molecule is Cc1nn(-c2ccccc2)c(C)c1/C=C/C(=O)c1cccc(O)c1. The highest BCUT2D eigenvalue weighted by molar-refractivity contribution is 6.07. The van der Waals surface area contributed by atoms with Crippen molar-refractivity contribution in [1.82, 2.24) is 9.78 Å². The molecule has 1 heterocycles. The zero-order valence-corrected chi connectivity index (χ0v) is 13.6. The Bertz CT molecular complexity index is 909. The zero-order chi connectivity index (χ0) is 17.1. The van der Waals surface area contributed by atoms with E-state index in [1.165, 1.54) is 12.1 Å². The maximum atomic E-state index is 12.2. The number of hydrogen-bond donors (Lipinski definition) is 1. The van der Waals surface area contributed by atoms with Gasteiger partial charge in [-0.15, -0.1) is 0 Å². The van der Waals surface area contributed by atoms with Crippen LogP contribution in [0.3, 0.4) is 0 Å². The van der Waals surface area contributed by atoms with E-state index in [0.717, 1.165) is 22.6 Å². The number of benzene rings is 2. The number of aromatic nitrogens is 2. The molecule has 0 fully saturated rings. The lowest BCUT2D eigenvalue weighted by Gasteiger charge is -2.03. The first-order valence-corrected chi connectivity index (χ1v) is 7.69. The standard InChI is InChI=1S/C20H18N2O2/c1-14-19(11-12-20(24)16-7-6-10-18(23)13-16)15(2)22(21-14)17-8-4-3-5-9-17/h3-13,23H,1-2H3/b12-11+. The van der Waals surface area contributed by atoms with Crippen LogP contribution in [0.25, 0.3) is 11.8 Å². The Morgan fingerprint density at radius 3 is 2.54 bits per heavy atom. The Labute approximate surface area is 140 Å². The summed E-state index contributed by atoms with van der Waals surface area (Å²) in [4.78, 5) is 12.2. The van der Waals surface area contributed by atoms with E-state index in [9.17, 15) is 9.90 Å². The molecule has 4 heteroatoms. The number of phenols is 1. The van der Waals surface area contributed by atoms with E-state index in [2.05, 4.69) is 5.10 Å². The molecule has 0 spiro atoms. The molecule has 2 aromatic carbocycles. The minimum Gasteiger partial charge on any atom is -0.508 e. The van der Waals surface area contributed by atoms with Gasteiger partial charge in [-0.05, 0) is 50.3 Å². The van der Waals surface area contributed by atoms with Gasteiger partial charge < -0.3 is 5.11 Å². The first kappa shape index (κ1) is 15.7. The molecule has 0 saturated carbocycles. The number of aryl methyl sites for hydroxylation is 1. The molecule has 0 aliphatic carbocycles. The summed E-state index contributed by atoms with van der Waals surface area (Å²) < 4.78 is 1.87. The van der Waals surface area contributed by atoms with Crippen molar-refractivity contribution in [2.75, 3.05) is 0 Å². The Kier molecular flexibility index (Phi) is 4.29. The lowest BCUT2D eigenvalue weighted by molar-refractivity contribution is 0.104. The predicted molar refractivity (Wildman–Crippen MR) is 94.5 cm³/mol. The molecule has 0 aliphatic heterocycles. The summed E-state index contributed by atoms with van der Waals surface area (Å²) in [5, 5.41) is 14.0. The number of nitrogens with zero attached hydrogens (tertiary/aromatic N) is 2. The molecule has 0 radical (unpaired) electrons. The van der Waals surface area contributed by atoms with Gasteiger partial charge in [-0.1, -0.05) is 30.3 Å². The van der Waals surface area contributed by atoms with Crippen LogP contribution in [0.2, 0.25) is 0 Å². The van der Waals surface area contributed by atoms with Gasteiger partial charge in [0.05, 0.1) is 11.4 Å². The van der Waals surface area contributed by atoms with Gasteiger partial charge in [0.25, 0.3) is 0 Å². The molecule has 0 bridgehead atoms. The summed E-state index contributed by atoms with van der Waals surface area (Å²) in [7, 11) is 0. The first-order chi connectivity index (χ1) is 11.6. The second-order valence-electron chi connectivity index (χ2n) is 5.58. The largest absolute Gasteiger partial charge is 0.508 e. The molecular formula is C20H18N2O2. The molecule has 1 N–H and O–H groups in total. The van der Waals surface area contributed by atoms with Crippen LogP contribution in [-0.4, -0.2) is 20.7 Å². The Morgan fingerprint density at radius 1 is 1.08 bits per heavy atom. The lowest BCUT2D eigenvalue weighted by atomic mass is 10.1. The second kappa shape index (κ2) is 6.54. The minimum absolute atomic E-state index is 0.0820. The molecule has 0 saturated heterocycles.